The average molecular weight is 417 g/mol. The van der Waals surface area contributed by atoms with Crippen LogP contribution in [0.5, 0.6) is 11.5 Å². The Hall–Kier alpha value is -2.32. The third-order valence-corrected chi connectivity index (χ3v) is 7.31. The van der Waals surface area contributed by atoms with E-state index in [1.807, 2.05) is 6.07 Å². The second-order valence-corrected chi connectivity index (χ2v) is 9.45. The molecule has 8 heteroatoms. The first-order valence-electron chi connectivity index (χ1n) is 11.2. The molecule has 1 aromatic rings. The molecule has 4 aliphatic rings. The number of hydrogen-bond acceptors (Lipinski definition) is 4. The van der Waals surface area contributed by atoms with E-state index in [0.717, 1.165) is 69.9 Å². The third-order valence-electron chi connectivity index (χ3n) is 7.31. The highest BCUT2D eigenvalue weighted by Gasteiger charge is 2.53. The molecular weight excluding hydrogens is 384 g/mol. The summed E-state index contributed by atoms with van der Waals surface area (Å²) in [5, 5.41) is 3.04. The normalized spacial score (nSPS) is 33.2. The lowest BCUT2D eigenvalue weighted by Crippen LogP contribution is -3.28. The molecule has 3 N–H and O–H groups in total. The fourth-order valence-corrected chi connectivity index (χ4v) is 5.27. The van der Waals surface area contributed by atoms with Crippen LogP contribution in [0.1, 0.15) is 38.2 Å². The van der Waals surface area contributed by atoms with E-state index < -0.39 is 5.54 Å². The lowest BCUT2D eigenvalue weighted by molar-refractivity contribution is -1.02. The summed E-state index contributed by atoms with van der Waals surface area (Å²) in [5.74, 6) is 2.30. The Morgan fingerprint density at radius 1 is 1.07 bits per heavy atom. The monoisotopic (exact) mass is 416 g/mol. The first-order chi connectivity index (χ1) is 14.5. The maximum Gasteiger partial charge on any atom is 0.329 e. The van der Waals surface area contributed by atoms with Crippen LogP contribution in [0.4, 0.5) is 4.79 Å². The van der Waals surface area contributed by atoms with Crippen LogP contribution >= 0.6 is 0 Å². The molecule has 0 atom stereocenters. The number of benzene rings is 1. The summed E-state index contributed by atoms with van der Waals surface area (Å²) < 4.78 is 10.9. The molecule has 1 saturated carbocycles. The standard InChI is InChI=1S/C22H30N4O4/c1-16-4-6-22(7-5-16)20(27)26(21(28)23-22)14-25-10-8-24(9-11-25)13-17-2-3-18-19(12-17)30-15-29-18/h2-3,12,16H,4-11,13-15H2,1H3,(H,23,28)/p+2. The Balaban J connectivity index is 1.14. The van der Waals surface area contributed by atoms with Gasteiger partial charge in [0.1, 0.15) is 38.3 Å². The summed E-state index contributed by atoms with van der Waals surface area (Å²) in [4.78, 5) is 30.0. The van der Waals surface area contributed by atoms with Gasteiger partial charge in [-0.25, -0.2) is 9.69 Å². The third kappa shape index (κ3) is 3.63. The summed E-state index contributed by atoms with van der Waals surface area (Å²) in [7, 11) is 0. The quantitative estimate of drug-likeness (QED) is 0.560. The van der Waals surface area contributed by atoms with Crippen molar-refractivity contribution < 1.29 is 28.9 Å². The van der Waals surface area contributed by atoms with E-state index in [9.17, 15) is 9.59 Å². The van der Waals surface area contributed by atoms with Gasteiger partial charge in [-0.2, -0.15) is 0 Å². The van der Waals surface area contributed by atoms with Crippen molar-refractivity contribution in [2.45, 2.75) is 44.7 Å². The van der Waals surface area contributed by atoms with Gasteiger partial charge in [-0.15, -0.1) is 0 Å². The number of hydrogen-bond donors (Lipinski definition) is 3. The predicted molar refractivity (Wildman–Crippen MR) is 108 cm³/mol. The molecule has 0 aromatic heterocycles. The molecule has 0 bridgehead atoms. The number of fused-ring (bicyclic) bond motifs is 1. The maximum absolute atomic E-state index is 13.1. The van der Waals surface area contributed by atoms with Gasteiger partial charge >= 0.3 is 6.03 Å². The van der Waals surface area contributed by atoms with Crippen molar-refractivity contribution in [3.63, 3.8) is 0 Å². The number of rotatable bonds is 4. The minimum absolute atomic E-state index is 0.00189. The second kappa shape index (κ2) is 7.74. The zero-order valence-corrected chi connectivity index (χ0v) is 17.7. The van der Waals surface area contributed by atoms with Crippen molar-refractivity contribution in [2.24, 2.45) is 5.92 Å². The fraction of sp³-hybridized carbons (Fsp3) is 0.636. The highest BCUT2D eigenvalue weighted by Crippen LogP contribution is 2.36. The number of nitrogens with zero attached hydrogens (tertiary/aromatic N) is 1. The van der Waals surface area contributed by atoms with E-state index in [1.165, 1.54) is 20.3 Å². The van der Waals surface area contributed by atoms with Crippen LogP contribution in [0.2, 0.25) is 0 Å². The summed E-state index contributed by atoms with van der Waals surface area (Å²) in [6, 6.07) is 5.97. The SMILES string of the molecule is CC1CCC2(CC1)NC(=O)N(C[NH+]1CC[NH+](Cc3ccc4c(c3)OCO4)CC1)C2=O. The van der Waals surface area contributed by atoms with Gasteiger partial charge in [0.05, 0.1) is 0 Å². The van der Waals surface area contributed by atoms with Gasteiger partial charge in [-0.1, -0.05) is 6.92 Å². The van der Waals surface area contributed by atoms with Gasteiger partial charge in [-0.3, -0.25) is 4.79 Å². The van der Waals surface area contributed by atoms with Crippen molar-refractivity contribution >= 4 is 11.9 Å². The number of piperazine rings is 1. The molecule has 0 unspecified atom stereocenters. The number of amides is 3. The van der Waals surface area contributed by atoms with Gasteiger partial charge in [0.25, 0.3) is 5.91 Å². The fourth-order valence-electron chi connectivity index (χ4n) is 5.27. The smallest absolute Gasteiger partial charge is 0.329 e. The molecule has 3 fully saturated rings. The summed E-state index contributed by atoms with van der Waals surface area (Å²) in [6.07, 6.45) is 3.57. The van der Waals surface area contributed by atoms with Gasteiger partial charge < -0.3 is 24.6 Å². The molecule has 3 amide bonds. The lowest BCUT2D eigenvalue weighted by Gasteiger charge is -2.34. The van der Waals surface area contributed by atoms with Gasteiger partial charge in [0.15, 0.2) is 18.2 Å². The molecule has 0 radical (unpaired) electrons. The van der Waals surface area contributed by atoms with Crippen LogP contribution in [0.25, 0.3) is 0 Å². The largest absolute Gasteiger partial charge is 0.454 e. The van der Waals surface area contributed by atoms with Gasteiger partial charge in [0.2, 0.25) is 6.79 Å². The van der Waals surface area contributed by atoms with Gasteiger partial charge in [0, 0.05) is 5.56 Å². The molecule has 162 valence electrons. The van der Waals surface area contributed by atoms with Crippen LogP contribution in [-0.4, -0.2) is 62.0 Å². The summed E-state index contributed by atoms with van der Waals surface area (Å²) >= 11 is 0. The van der Waals surface area contributed by atoms with E-state index in [0.29, 0.717) is 19.4 Å². The molecule has 1 aromatic carbocycles. The Morgan fingerprint density at radius 3 is 2.53 bits per heavy atom. The topological polar surface area (TPSA) is 76.8 Å². The van der Waals surface area contributed by atoms with Crippen LogP contribution in [0.15, 0.2) is 18.2 Å². The first kappa shape index (κ1) is 19.6. The molecule has 8 nitrogen and oxygen atoms in total. The van der Waals surface area contributed by atoms with Crippen molar-refractivity contribution in [2.75, 3.05) is 39.6 Å². The molecular formula is C22H32N4O4+2. The Morgan fingerprint density at radius 2 is 1.77 bits per heavy atom. The molecule has 3 heterocycles. The molecule has 30 heavy (non-hydrogen) atoms. The molecule has 2 saturated heterocycles. The van der Waals surface area contributed by atoms with Crippen LogP contribution in [0, 0.1) is 5.92 Å². The van der Waals surface area contributed by atoms with E-state index in [1.54, 1.807) is 0 Å². The Kier molecular flexibility index (Phi) is 5.06. The average Bonchev–Trinajstić information content (AvgIpc) is 3.30. The zero-order chi connectivity index (χ0) is 20.7. The van der Waals surface area contributed by atoms with Crippen LogP contribution in [0.3, 0.4) is 0 Å². The summed E-state index contributed by atoms with van der Waals surface area (Å²) in [5.41, 5.74) is 0.621. The lowest BCUT2D eigenvalue weighted by atomic mass is 9.77. The number of carbonyl (C=O) groups excluding carboxylic acids is 2. The number of ether oxygens (including phenoxy) is 2. The van der Waals surface area contributed by atoms with E-state index >= 15 is 0 Å². The number of quaternary nitrogens is 2. The van der Waals surface area contributed by atoms with Crippen molar-refractivity contribution in [3.8, 4) is 11.5 Å². The summed E-state index contributed by atoms with van der Waals surface area (Å²) in [6.45, 7) is 7.93. The Bertz CT molecular complexity index is 828. The molecule has 3 aliphatic heterocycles. The minimum atomic E-state index is -0.630. The number of nitrogens with one attached hydrogen (secondary N) is 3. The zero-order valence-electron chi connectivity index (χ0n) is 17.7. The molecule has 1 aliphatic carbocycles. The van der Waals surface area contributed by atoms with Gasteiger partial charge in [-0.05, 0) is 49.8 Å². The van der Waals surface area contributed by atoms with E-state index in [2.05, 4.69) is 24.4 Å². The second-order valence-electron chi connectivity index (χ2n) is 9.45. The molecule has 5 rings (SSSR count). The number of urea groups is 1. The van der Waals surface area contributed by atoms with Crippen LogP contribution < -0.4 is 24.6 Å². The van der Waals surface area contributed by atoms with Crippen molar-refractivity contribution in [3.05, 3.63) is 23.8 Å². The predicted octanol–water partition coefficient (Wildman–Crippen LogP) is -0.843. The number of carbonyl (C=O) groups is 2. The Labute approximate surface area is 177 Å². The molecule has 1 spiro atoms. The van der Waals surface area contributed by atoms with Crippen LogP contribution in [-0.2, 0) is 11.3 Å². The van der Waals surface area contributed by atoms with E-state index in [4.69, 9.17) is 9.47 Å². The first-order valence-corrected chi connectivity index (χ1v) is 11.2. The van der Waals surface area contributed by atoms with Crippen molar-refractivity contribution in [1.82, 2.24) is 10.2 Å². The van der Waals surface area contributed by atoms with Crippen molar-refractivity contribution in [1.29, 1.82) is 0 Å². The number of imide groups is 1. The van der Waals surface area contributed by atoms with E-state index in [-0.39, 0.29) is 11.9 Å². The highest BCUT2D eigenvalue weighted by molar-refractivity contribution is 6.06. The maximum atomic E-state index is 13.1. The highest BCUT2D eigenvalue weighted by atomic mass is 16.7. The minimum Gasteiger partial charge on any atom is -0.454 e.